The molecule has 0 bridgehead atoms. The number of fused-ring (bicyclic) bond motifs is 1. The molecule has 1 amide bonds. The van der Waals surface area contributed by atoms with Crippen molar-refractivity contribution >= 4 is 11.6 Å². The van der Waals surface area contributed by atoms with Crippen molar-refractivity contribution < 1.29 is 14.1 Å². The van der Waals surface area contributed by atoms with Crippen molar-refractivity contribution in [2.24, 2.45) is 0 Å². The van der Waals surface area contributed by atoms with E-state index in [4.69, 9.17) is 9.26 Å². The highest BCUT2D eigenvalue weighted by atomic mass is 16.5. The summed E-state index contributed by atoms with van der Waals surface area (Å²) < 4.78 is 11.3. The Morgan fingerprint density at radius 1 is 1.18 bits per heavy atom. The molecule has 0 unspecified atom stereocenters. The fourth-order valence-electron chi connectivity index (χ4n) is 3.66. The van der Waals surface area contributed by atoms with Crippen molar-refractivity contribution in [2.75, 3.05) is 11.4 Å². The largest absolute Gasteiger partial charge is 0.488 e. The second-order valence-corrected chi connectivity index (χ2v) is 7.31. The van der Waals surface area contributed by atoms with Crippen molar-refractivity contribution in [3.05, 3.63) is 76.2 Å². The Morgan fingerprint density at radius 3 is 2.82 bits per heavy atom. The summed E-state index contributed by atoms with van der Waals surface area (Å²) in [5.41, 5.74) is 5.46. The Kier molecular flexibility index (Phi) is 4.90. The lowest BCUT2D eigenvalue weighted by Crippen LogP contribution is -2.36. The first kappa shape index (κ1) is 18.3. The molecule has 1 aromatic heterocycles. The average molecular weight is 376 g/mol. The molecule has 0 saturated carbocycles. The van der Waals surface area contributed by atoms with Crippen LogP contribution in [-0.2, 0) is 13.0 Å². The van der Waals surface area contributed by atoms with E-state index >= 15 is 0 Å². The molecule has 2 aromatic carbocycles. The van der Waals surface area contributed by atoms with Gasteiger partial charge in [-0.15, -0.1) is 0 Å². The molecule has 0 radical (unpaired) electrons. The van der Waals surface area contributed by atoms with Crippen molar-refractivity contribution in [1.82, 2.24) is 5.16 Å². The van der Waals surface area contributed by atoms with Gasteiger partial charge in [0, 0.05) is 12.2 Å². The number of nitrogens with zero attached hydrogens (tertiary/aromatic N) is 2. The molecule has 0 atom stereocenters. The van der Waals surface area contributed by atoms with E-state index < -0.39 is 0 Å². The Morgan fingerprint density at radius 2 is 2.00 bits per heavy atom. The number of para-hydroxylation sites is 1. The van der Waals surface area contributed by atoms with Crippen molar-refractivity contribution in [3.8, 4) is 5.75 Å². The van der Waals surface area contributed by atoms with Gasteiger partial charge in [-0.05, 0) is 56.9 Å². The van der Waals surface area contributed by atoms with Gasteiger partial charge in [0.1, 0.15) is 18.1 Å². The first-order chi connectivity index (χ1) is 13.5. The van der Waals surface area contributed by atoms with Crippen LogP contribution in [0.3, 0.4) is 0 Å². The summed E-state index contributed by atoms with van der Waals surface area (Å²) in [5, 5.41) is 4.07. The Labute approximate surface area is 164 Å². The maximum Gasteiger partial charge on any atom is 0.280 e. The number of hydrogen-bond acceptors (Lipinski definition) is 4. The minimum atomic E-state index is -0.134. The summed E-state index contributed by atoms with van der Waals surface area (Å²) >= 11 is 0. The zero-order valence-corrected chi connectivity index (χ0v) is 16.5. The predicted molar refractivity (Wildman–Crippen MR) is 108 cm³/mol. The molecule has 4 rings (SSSR count). The lowest BCUT2D eigenvalue weighted by molar-refractivity contribution is 0.0974. The first-order valence-corrected chi connectivity index (χ1v) is 9.59. The highest BCUT2D eigenvalue weighted by Crippen LogP contribution is 2.30. The van der Waals surface area contributed by atoms with Crippen LogP contribution in [0.15, 0.2) is 47.0 Å². The van der Waals surface area contributed by atoms with Crippen LogP contribution in [-0.4, -0.2) is 17.6 Å². The summed E-state index contributed by atoms with van der Waals surface area (Å²) in [4.78, 5) is 15.1. The van der Waals surface area contributed by atoms with E-state index in [0.29, 0.717) is 23.6 Å². The maximum absolute atomic E-state index is 13.3. The lowest BCUT2D eigenvalue weighted by atomic mass is 9.99. The highest BCUT2D eigenvalue weighted by Gasteiger charge is 2.29. The number of rotatable bonds is 4. The summed E-state index contributed by atoms with van der Waals surface area (Å²) in [6.07, 6.45) is 1.93. The van der Waals surface area contributed by atoms with Gasteiger partial charge in [0.15, 0.2) is 5.69 Å². The number of amides is 1. The van der Waals surface area contributed by atoms with Crippen LogP contribution in [0.1, 0.15) is 44.9 Å². The third kappa shape index (κ3) is 3.40. The minimum absolute atomic E-state index is 0.134. The van der Waals surface area contributed by atoms with Crippen LogP contribution in [0.4, 0.5) is 5.69 Å². The summed E-state index contributed by atoms with van der Waals surface area (Å²) in [5.74, 6) is 1.27. The molecule has 2 heterocycles. The van der Waals surface area contributed by atoms with E-state index in [-0.39, 0.29) is 12.5 Å². The highest BCUT2D eigenvalue weighted by molar-refractivity contribution is 6.06. The van der Waals surface area contributed by atoms with Crippen LogP contribution in [0, 0.1) is 20.8 Å². The molecule has 5 heteroatoms. The Balaban J connectivity index is 1.61. The number of carbonyl (C=O) groups excluding carboxylic acids is 1. The number of aromatic nitrogens is 1. The molecular weight excluding hydrogens is 352 g/mol. The third-order valence-electron chi connectivity index (χ3n) is 5.25. The molecule has 0 saturated heterocycles. The minimum Gasteiger partial charge on any atom is -0.488 e. The van der Waals surface area contributed by atoms with E-state index in [1.165, 1.54) is 11.1 Å². The number of benzene rings is 2. The van der Waals surface area contributed by atoms with Gasteiger partial charge < -0.3 is 14.2 Å². The molecule has 3 aromatic rings. The SMILES string of the molecule is Cc1ccc2c(c1)CCCN2C(=O)c1noc(C)c1COc1ccccc1C. The summed E-state index contributed by atoms with van der Waals surface area (Å²) in [6, 6.07) is 14.0. The molecule has 1 aliphatic heterocycles. The topological polar surface area (TPSA) is 55.6 Å². The lowest BCUT2D eigenvalue weighted by Gasteiger charge is -2.29. The zero-order valence-electron chi connectivity index (χ0n) is 16.5. The van der Waals surface area contributed by atoms with E-state index in [1.54, 1.807) is 0 Å². The number of hydrogen-bond donors (Lipinski definition) is 0. The van der Waals surface area contributed by atoms with Crippen LogP contribution in [0.2, 0.25) is 0 Å². The van der Waals surface area contributed by atoms with Gasteiger partial charge in [0.25, 0.3) is 5.91 Å². The molecule has 144 valence electrons. The van der Waals surface area contributed by atoms with Gasteiger partial charge in [-0.2, -0.15) is 0 Å². The molecule has 0 aliphatic carbocycles. The van der Waals surface area contributed by atoms with Gasteiger partial charge in [-0.25, -0.2) is 0 Å². The van der Waals surface area contributed by atoms with E-state index in [1.807, 2.05) is 55.1 Å². The van der Waals surface area contributed by atoms with Crippen LogP contribution in [0.5, 0.6) is 5.75 Å². The van der Waals surface area contributed by atoms with E-state index in [9.17, 15) is 4.79 Å². The van der Waals surface area contributed by atoms with Gasteiger partial charge >= 0.3 is 0 Å². The first-order valence-electron chi connectivity index (χ1n) is 9.59. The third-order valence-corrected chi connectivity index (χ3v) is 5.25. The molecule has 0 N–H and O–H groups in total. The number of aryl methyl sites for hydroxylation is 4. The smallest absolute Gasteiger partial charge is 0.280 e. The van der Waals surface area contributed by atoms with Crippen LogP contribution >= 0.6 is 0 Å². The molecule has 0 fully saturated rings. The predicted octanol–water partition coefficient (Wildman–Crippen LogP) is 4.77. The number of carbonyl (C=O) groups is 1. The van der Waals surface area contributed by atoms with Crippen LogP contribution < -0.4 is 9.64 Å². The second kappa shape index (κ2) is 7.50. The fraction of sp³-hybridized carbons (Fsp3) is 0.304. The second-order valence-electron chi connectivity index (χ2n) is 7.31. The Bertz CT molecular complexity index is 1020. The summed E-state index contributed by atoms with van der Waals surface area (Å²) in [7, 11) is 0. The van der Waals surface area contributed by atoms with Crippen LogP contribution in [0.25, 0.3) is 0 Å². The van der Waals surface area contributed by atoms with Crippen molar-refractivity contribution in [3.63, 3.8) is 0 Å². The zero-order chi connectivity index (χ0) is 19.7. The van der Waals surface area contributed by atoms with E-state index in [0.717, 1.165) is 29.8 Å². The van der Waals surface area contributed by atoms with E-state index in [2.05, 4.69) is 18.1 Å². The van der Waals surface area contributed by atoms with Gasteiger partial charge in [0.2, 0.25) is 0 Å². The quantitative estimate of drug-likeness (QED) is 0.658. The van der Waals surface area contributed by atoms with Crippen molar-refractivity contribution in [2.45, 2.75) is 40.2 Å². The molecular formula is C23H24N2O3. The maximum atomic E-state index is 13.3. The van der Waals surface area contributed by atoms with Gasteiger partial charge in [0.05, 0.1) is 5.56 Å². The number of ether oxygens (including phenoxy) is 1. The standard InChI is InChI=1S/C23H24N2O3/c1-15-10-11-20-18(13-15)8-6-12-25(20)23(26)22-19(17(3)28-24-22)14-27-21-9-5-4-7-16(21)2/h4-5,7,9-11,13H,6,8,12,14H2,1-3H3. The Hall–Kier alpha value is -3.08. The molecule has 1 aliphatic rings. The number of anilines is 1. The molecule has 0 spiro atoms. The fourth-order valence-corrected chi connectivity index (χ4v) is 3.66. The van der Waals surface area contributed by atoms with Gasteiger partial charge in [-0.1, -0.05) is 41.1 Å². The monoisotopic (exact) mass is 376 g/mol. The average Bonchev–Trinajstić information content (AvgIpc) is 3.06. The van der Waals surface area contributed by atoms with Crippen molar-refractivity contribution in [1.29, 1.82) is 0 Å². The molecule has 5 nitrogen and oxygen atoms in total. The molecule has 28 heavy (non-hydrogen) atoms. The van der Waals surface area contributed by atoms with Gasteiger partial charge in [-0.3, -0.25) is 4.79 Å². The summed E-state index contributed by atoms with van der Waals surface area (Å²) in [6.45, 7) is 6.81. The normalized spacial score (nSPS) is 13.3.